The van der Waals surface area contributed by atoms with Crippen LogP contribution in [0.3, 0.4) is 0 Å². The van der Waals surface area contributed by atoms with E-state index in [0.29, 0.717) is 0 Å². The molecule has 0 N–H and O–H groups in total. The molecule has 10 aromatic carbocycles. The summed E-state index contributed by atoms with van der Waals surface area (Å²) < 4.78 is 6.39. The minimum atomic E-state index is 0.882. The summed E-state index contributed by atoms with van der Waals surface area (Å²) in [6.45, 7) is 0. The molecule has 0 aliphatic carbocycles. The fourth-order valence-electron chi connectivity index (χ4n) is 8.76. The van der Waals surface area contributed by atoms with Crippen LogP contribution in [0.15, 0.2) is 229 Å². The number of nitrogens with zero attached hydrogens (tertiary/aromatic N) is 1. The molecule has 0 saturated carbocycles. The smallest absolute Gasteiger partial charge is 0.136 e. The minimum absolute atomic E-state index is 0.882. The molecule has 0 atom stereocenters. The van der Waals surface area contributed by atoms with E-state index in [1.807, 2.05) is 6.07 Å². The van der Waals surface area contributed by atoms with Crippen molar-refractivity contribution in [2.75, 3.05) is 4.90 Å². The van der Waals surface area contributed by atoms with Crippen molar-refractivity contribution in [3.8, 4) is 44.5 Å². The van der Waals surface area contributed by atoms with Crippen molar-refractivity contribution in [1.29, 1.82) is 0 Å². The van der Waals surface area contributed by atoms with E-state index in [2.05, 4.69) is 223 Å². The van der Waals surface area contributed by atoms with Gasteiger partial charge in [-0.1, -0.05) is 176 Å². The number of hydrogen-bond donors (Lipinski definition) is 0. The van der Waals surface area contributed by atoms with Crippen molar-refractivity contribution in [2.24, 2.45) is 0 Å². The van der Waals surface area contributed by atoms with Gasteiger partial charge in [0, 0.05) is 27.7 Å². The van der Waals surface area contributed by atoms with Crippen LogP contribution < -0.4 is 4.90 Å². The van der Waals surface area contributed by atoms with Crippen LogP contribution in [0.1, 0.15) is 0 Å². The van der Waals surface area contributed by atoms with Gasteiger partial charge in [-0.3, -0.25) is 0 Å². The summed E-state index contributed by atoms with van der Waals surface area (Å²) in [5.41, 5.74) is 14.4. The van der Waals surface area contributed by atoms with E-state index >= 15 is 0 Å². The van der Waals surface area contributed by atoms with Gasteiger partial charge in [0.2, 0.25) is 0 Å². The summed E-state index contributed by atoms with van der Waals surface area (Å²) in [5, 5.41) is 7.22. The Hall–Kier alpha value is -7.68. The topological polar surface area (TPSA) is 16.4 Å². The molecule has 0 aliphatic rings. The maximum Gasteiger partial charge on any atom is 0.136 e. The Balaban J connectivity index is 1.08. The van der Waals surface area contributed by atoms with Crippen LogP contribution in [0.2, 0.25) is 0 Å². The van der Waals surface area contributed by atoms with Gasteiger partial charge in [-0.05, 0) is 109 Å². The molecule has 58 heavy (non-hydrogen) atoms. The van der Waals surface area contributed by atoms with Crippen LogP contribution in [0, 0.1) is 0 Å². The molecule has 0 aliphatic heterocycles. The molecular formula is C56H37NO. The number of para-hydroxylation sites is 2. The molecule has 0 saturated heterocycles. The molecule has 0 spiro atoms. The zero-order valence-corrected chi connectivity index (χ0v) is 31.7. The molecule has 11 rings (SSSR count). The summed E-state index contributed by atoms with van der Waals surface area (Å²) in [4.78, 5) is 2.40. The van der Waals surface area contributed by atoms with Crippen LogP contribution in [-0.2, 0) is 0 Å². The lowest BCUT2D eigenvalue weighted by atomic mass is 9.94. The van der Waals surface area contributed by atoms with E-state index in [1.165, 1.54) is 49.4 Å². The first-order valence-corrected chi connectivity index (χ1v) is 19.8. The first kappa shape index (κ1) is 33.6. The lowest BCUT2D eigenvalue weighted by molar-refractivity contribution is 0.669. The number of hydrogen-bond acceptors (Lipinski definition) is 2. The van der Waals surface area contributed by atoms with E-state index in [4.69, 9.17) is 4.42 Å². The van der Waals surface area contributed by atoms with Gasteiger partial charge in [0.25, 0.3) is 0 Å². The standard InChI is InChI=1S/C56H37NO/c1-3-22-46-38(14-1)16-11-26-48(46)40-32-34-44(35-33-40)57(53-29-7-5-24-50(53)51-28-13-31-55-56(51)52-25-6-8-30-54(52)58-55)45-21-10-19-42(37-45)41-18-9-20-43(36-41)49-27-12-17-39-15-2-4-23-47(39)49/h1-37H. The zero-order valence-electron chi connectivity index (χ0n) is 31.7. The third-order valence-corrected chi connectivity index (χ3v) is 11.5. The third-order valence-electron chi connectivity index (χ3n) is 11.5. The number of rotatable bonds is 7. The second-order valence-electron chi connectivity index (χ2n) is 14.9. The van der Waals surface area contributed by atoms with Crippen molar-refractivity contribution in [3.05, 3.63) is 224 Å². The molecule has 0 fully saturated rings. The van der Waals surface area contributed by atoms with Gasteiger partial charge < -0.3 is 9.32 Å². The molecule has 0 amide bonds. The highest BCUT2D eigenvalue weighted by atomic mass is 16.3. The monoisotopic (exact) mass is 739 g/mol. The maximum atomic E-state index is 6.39. The normalized spacial score (nSPS) is 11.4. The zero-order chi connectivity index (χ0) is 38.4. The minimum Gasteiger partial charge on any atom is -0.456 e. The summed E-state index contributed by atoms with van der Waals surface area (Å²) in [5.74, 6) is 0. The fraction of sp³-hybridized carbons (Fsp3) is 0. The van der Waals surface area contributed by atoms with Crippen molar-refractivity contribution in [2.45, 2.75) is 0 Å². The Labute approximate surface area is 337 Å². The summed E-state index contributed by atoms with van der Waals surface area (Å²) in [7, 11) is 0. The first-order valence-electron chi connectivity index (χ1n) is 19.8. The Morgan fingerprint density at radius 3 is 1.59 bits per heavy atom. The van der Waals surface area contributed by atoms with Gasteiger partial charge >= 0.3 is 0 Å². The first-order chi connectivity index (χ1) is 28.8. The SMILES string of the molecule is c1cc(-c2cccc(N(c3ccc(-c4cccc5ccccc45)cc3)c3ccccc3-c3cccc4oc5ccccc5c34)c2)cc(-c2cccc3ccccc23)c1. The molecule has 2 heteroatoms. The molecule has 2 nitrogen and oxygen atoms in total. The highest BCUT2D eigenvalue weighted by Gasteiger charge is 2.21. The Morgan fingerprint density at radius 2 is 0.810 bits per heavy atom. The molecule has 0 radical (unpaired) electrons. The van der Waals surface area contributed by atoms with Gasteiger partial charge in [-0.25, -0.2) is 0 Å². The predicted octanol–water partition coefficient (Wildman–Crippen LogP) is 16.0. The van der Waals surface area contributed by atoms with E-state index in [9.17, 15) is 0 Å². The summed E-state index contributed by atoms with van der Waals surface area (Å²) in [6.07, 6.45) is 0. The highest BCUT2D eigenvalue weighted by molar-refractivity contribution is 6.14. The number of benzene rings is 10. The summed E-state index contributed by atoms with van der Waals surface area (Å²) in [6, 6.07) is 80.7. The van der Waals surface area contributed by atoms with E-state index in [-0.39, 0.29) is 0 Å². The Kier molecular flexibility index (Phi) is 8.19. The van der Waals surface area contributed by atoms with Crippen LogP contribution in [0.4, 0.5) is 17.1 Å². The fourth-order valence-corrected chi connectivity index (χ4v) is 8.76. The molecule has 272 valence electrons. The Bertz CT molecular complexity index is 3290. The molecular weight excluding hydrogens is 703 g/mol. The quantitative estimate of drug-likeness (QED) is 0.162. The average Bonchev–Trinajstić information content (AvgIpc) is 3.69. The van der Waals surface area contributed by atoms with Crippen LogP contribution in [0.25, 0.3) is 88.0 Å². The number of furan rings is 1. The second kappa shape index (κ2) is 14.1. The van der Waals surface area contributed by atoms with Gasteiger partial charge in [0.1, 0.15) is 11.2 Å². The number of fused-ring (bicyclic) bond motifs is 5. The van der Waals surface area contributed by atoms with E-state index < -0.39 is 0 Å². The van der Waals surface area contributed by atoms with Gasteiger partial charge in [0.05, 0.1) is 5.69 Å². The van der Waals surface area contributed by atoms with E-state index in [1.54, 1.807) is 0 Å². The van der Waals surface area contributed by atoms with Gasteiger partial charge in [-0.2, -0.15) is 0 Å². The highest BCUT2D eigenvalue weighted by Crippen LogP contribution is 2.46. The van der Waals surface area contributed by atoms with Crippen molar-refractivity contribution < 1.29 is 4.42 Å². The lowest BCUT2D eigenvalue weighted by Crippen LogP contribution is -2.11. The third kappa shape index (κ3) is 5.82. The van der Waals surface area contributed by atoms with Crippen molar-refractivity contribution in [3.63, 3.8) is 0 Å². The molecule has 1 aromatic heterocycles. The second-order valence-corrected chi connectivity index (χ2v) is 14.9. The van der Waals surface area contributed by atoms with Gasteiger partial charge in [0.15, 0.2) is 0 Å². The molecule has 1 heterocycles. The van der Waals surface area contributed by atoms with Crippen LogP contribution in [-0.4, -0.2) is 0 Å². The van der Waals surface area contributed by atoms with Crippen LogP contribution >= 0.6 is 0 Å². The van der Waals surface area contributed by atoms with Crippen LogP contribution in [0.5, 0.6) is 0 Å². The van der Waals surface area contributed by atoms with Crippen molar-refractivity contribution in [1.82, 2.24) is 0 Å². The van der Waals surface area contributed by atoms with Crippen molar-refractivity contribution >= 4 is 60.5 Å². The summed E-state index contributed by atoms with van der Waals surface area (Å²) >= 11 is 0. The maximum absolute atomic E-state index is 6.39. The molecule has 0 bridgehead atoms. The molecule has 11 aromatic rings. The average molecular weight is 740 g/mol. The lowest BCUT2D eigenvalue weighted by Gasteiger charge is -2.28. The Morgan fingerprint density at radius 1 is 0.293 bits per heavy atom. The largest absolute Gasteiger partial charge is 0.456 e. The molecule has 0 unspecified atom stereocenters. The predicted molar refractivity (Wildman–Crippen MR) is 245 cm³/mol. The van der Waals surface area contributed by atoms with E-state index in [0.717, 1.165) is 55.7 Å². The number of anilines is 3. The van der Waals surface area contributed by atoms with Gasteiger partial charge in [-0.15, -0.1) is 0 Å².